The molecule has 1 N–H and O–H groups in total. The molecule has 7 heteroatoms. The van der Waals surface area contributed by atoms with Crippen molar-refractivity contribution in [1.29, 1.82) is 0 Å². The molecule has 3 rings (SSSR count). The molecule has 6 nitrogen and oxygen atoms in total. The smallest absolute Gasteiger partial charge is 0.249 e. The van der Waals surface area contributed by atoms with Crippen LogP contribution in [0.5, 0.6) is 5.75 Å². The largest absolute Gasteiger partial charge is 0.487 e. The molecular formula is C18H18N4O2S. The van der Waals surface area contributed by atoms with Gasteiger partial charge < -0.3 is 10.1 Å². The van der Waals surface area contributed by atoms with E-state index in [1.807, 2.05) is 36.6 Å². The third-order valence-corrected chi connectivity index (χ3v) is 4.15. The van der Waals surface area contributed by atoms with Gasteiger partial charge in [-0.25, -0.2) is 4.98 Å². The fraction of sp³-hybridized carbons (Fsp3) is 0.167. The molecule has 1 aromatic carbocycles. The summed E-state index contributed by atoms with van der Waals surface area (Å²) in [5.41, 5.74) is 1.84. The number of nitrogens with zero attached hydrogens (tertiary/aromatic N) is 3. The van der Waals surface area contributed by atoms with Crippen LogP contribution >= 0.6 is 11.3 Å². The summed E-state index contributed by atoms with van der Waals surface area (Å²) in [6, 6.07) is 9.27. The standard InChI is InChI=1S/C18H18N4O2S/c1-13-19-15(12-25-13)11-24-16-6-3-14(4-7-16)5-8-18(23)20-17-9-10-22(2)21-17/h3-10,12H,11H2,1-2H3,(H,20,21,23)/b8-5+. The van der Waals surface area contributed by atoms with Crippen LogP contribution in [0.15, 0.2) is 48.0 Å². The van der Waals surface area contributed by atoms with Crippen molar-refractivity contribution < 1.29 is 9.53 Å². The summed E-state index contributed by atoms with van der Waals surface area (Å²) in [6.07, 6.45) is 4.99. The van der Waals surface area contributed by atoms with Gasteiger partial charge in [0.2, 0.25) is 5.91 Å². The first-order chi connectivity index (χ1) is 12.1. The van der Waals surface area contributed by atoms with Crippen LogP contribution in [0.1, 0.15) is 16.3 Å². The lowest BCUT2D eigenvalue weighted by Crippen LogP contribution is -2.08. The van der Waals surface area contributed by atoms with Gasteiger partial charge in [-0.2, -0.15) is 5.10 Å². The lowest BCUT2D eigenvalue weighted by molar-refractivity contribution is -0.111. The van der Waals surface area contributed by atoms with Gasteiger partial charge in [0.05, 0.1) is 10.7 Å². The number of amides is 1. The van der Waals surface area contributed by atoms with Crippen LogP contribution in [0.25, 0.3) is 6.08 Å². The van der Waals surface area contributed by atoms with E-state index >= 15 is 0 Å². The Bertz CT molecular complexity index is 881. The fourth-order valence-electron chi connectivity index (χ4n) is 2.13. The summed E-state index contributed by atoms with van der Waals surface area (Å²) < 4.78 is 7.33. The molecule has 0 saturated heterocycles. The molecule has 128 valence electrons. The summed E-state index contributed by atoms with van der Waals surface area (Å²) in [5, 5.41) is 9.81. The number of aromatic nitrogens is 3. The Labute approximate surface area is 149 Å². The van der Waals surface area contributed by atoms with Gasteiger partial charge >= 0.3 is 0 Å². The quantitative estimate of drug-likeness (QED) is 0.689. The molecule has 0 aliphatic carbocycles. The highest BCUT2D eigenvalue weighted by molar-refractivity contribution is 7.09. The number of hydrogen-bond acceptors (Lipinski definition) is 5. The second-order valence-corrected chi connectivity index (χ2v) is 6.48. The molecule has 1 amide bonds. The first kappa shape index (κ1) is 16.9. The van der Waals surface area contributed by atoms with Gasteiger partial charge in [0, 0.05) is 30.8 Å². The molecule has 2 heterocycles. The van der Waals surface area contributed by atoms with Crippen LogP contribution in [0.2, 0.25) is 0 Å². The fourth-order valence-corrected chi connectivity index (χ4v) is 2.73. The number of nitrogens with one attached hydrogen (secondary N) is 1. The molecule has 0 radical (unpaired) electrons. The van der Waals surface area contributed by atoms with E-state index in [4.69, 9.17) is 4.74 Å². The topological polar surface area (TPSA) is 69.0 Å². The van der Waals surface area contributed by atoms with E-state index in [2.05, 4.69) is 15.4 Å². The Morgan fingerprint density at radius 3 is 2.76 bits per heavy atom. The molecule has 0 aliphatic heterocycles. The zero-order valence-electron chi connectivity index (χ0n) is 14.0. The molecule has 2 aromatic heterocycles. The molecule has 0 atom stereocenters. The van der Waals surface area contributed by atoms with Gasteiger partial charge in [0.1, 0.15) is 12.4 Å². The van der Waals surface area contributed by atoms with E-state index in [-0.39, 0.29) is 5.91 Å². The van der Waals surface area contributed by atoms with Crippen molar-refractivity contribution in [3.63, 3.8) is 0 Å². The molecule has 25 heavy (non-hydrogen) atoms. The average molecular weight is 354 g/mol. The number of thiazole rings is 1. The van der Waals surface area contributed by atoms with E-state index in [0.717, 1.165) is 22.0 Å². The predicted molar refractivity (Wildman–Crippen MR) is 98.5 cm³/mol. The molecule has 0 saturated carbocycles. The van der Waals surface area contributed by atoms with E-state index < -0.39 is 0 Å². The number of benzene rings is 1. The third kappa shape index (κ3) is 5.02. The first-order valence-corrected chi connectivity index (χ1v) is 8.59. The summed E-state index contributed by atoms with van der Waals surface area (Å²) in [6.45, 7) is 2.42. The van der Waals surface area contributed by atoms with Crippen LogP contribution in [0.4, 0.5) is 5.82 Å². The van der Waals surface area contributed by atoms with Crippen LogP contribution in [-0.2, 0) is 18.4 Å². The SMILES string of the molecule is Cc1nc(COc2ccc(/C=C/C(=O)Nc3ccn(C)n3)cc2)cs1. The van der Waals surface area contributed by atoms with Crippen LogP contribution in [0.3, 0.4) is 0 Å². The van der Waals surface area contributed by atoms with Crippen molar-refractivity contribution in [3.05, 3.63) is 64.2 Å². The van der Waals surface area contributed by atoms with Crippen LogP contribution in [0, 0.1) is 6.92 Å². The highest BCUT2D eigenvalue weighted by atomic mass is 32.1. The van der Waals surface area contributed by atoms with Gasteiger partial charge in [0.25, 0.3) is 0 Å². The summed E-state index contributed by atoms with van der Waals surface area (Å²) in [5.74, 6) is 1.07. The molecule has 0 spiro atoms. The Morgan fingerprint density at radius 2 is 2.12 bits per heavy atom. The predicted octanol–water partition coefficient (Wildman–Crippen LogP) is 3.42. The Kier molecular flexibility index (Phi) is 5.25. The highest BCUT2D eigenvalue weighted by Crippen LogP contribution is 2.16. The van der Waals surface area contributed by atoms with Gasteiger partial charge in [-0.1, -0.05) is 12.1 Å². The number of carbonyl (C=O) groups is 1. The molecule has 3 aromatic rings. The third-order valence-electron chi connectivity index (χ3n) is 3.33. The minimum atomic E-state index is -0.224. The van der Waals surface area contributed by atoms with Gasteiger partial charge in [-0.05, 0) is 30.7 Å². The number of ether oxygens (including phenoxy) is 1. The maximum Gasteiger partial charge on any atom is 0.249 e. The molecule has 0 aliphatic rings. The number of hydrogen-bond donors (Lipinski definition) is 1. The maximum atomic E-state index is 11.8. The van der Waals surface area contributed by atoms with Crippen molar-refractivity contribution >= 4 is 29.1 Å². The molecule has 0 fully saturated rings. The summed E-state index contributed by atoms with van der Waals surface area (Å²) >= 11 is 1.61. The molecule has 0 bridgehead atoms. The average Bonchev–Trinajstić information content (AvgIpc) is 3.20. The number of rotatable bonds is 6. The summed E-state index contributed by atoms with van der Waals surface area (Å²) in [4.78, 5) is 16.2. The van der Waals surface area contributed by atoms with Crippen molar-refractivity contribution in [2.75, 3.05) is 5.32 Å². The zero-order valence-corrected chi connectivity index (χ0v) is 14.8. The van der Waals surface area contributed by atoms with Crippen molar-refractivity contribution in [2.24, 2.45) is 7.05 Å². The van der Waals surface area contributed by atoms with Crippen molar-refractivity contribution in [2.45, 2.75) is 13.5 Å². The van der Waals surface area contributed by atoms with Crippen molar-refractivity contribution in [1.82, 2.24) is 14.8 Å². The zero-order chi connectivity index (χ0) is 17.6. The van der Waals surface area contributed by atoms with E-state index in [9.17, 15) is 4.79 Å². The van der Waals surface area contributed by atoms with Crippen molar-refractivity contribution in [3.8, 4) is 5.75 Å². The minimum Gasteiger partial charge on any atom is -0.487 e. The van der Waals surface area contributed by atoms with Gasteiger partial charge in [-0.15, -0.1) is 11.3 Å². The van der Waals surface area contributed by atoms with Crippen LogP contribution < -0.4 is 10.1 Å². The normalized spacial score (nSPS) is 11.0. The maximum absolute atomic E-state index is 11.8. The first-order valence-electron chi connectivity index (χ1n) is 7.71. The second-order valence-electron chi connectivity index (χ2n) is 5.41. The molecule has 0 unspecified atom stereocenters. The molecular weight excluding hydrogens is 336 g/mol. The number of aryl methyl sites for hydroxylation is 2. The summed E-state index contributed by atoms with van der Waals surface area (Å²) in [7, 11) is 1.80. The number of carbonyl (C=O) groups excluding carboxylic acids is 1. The minimum absolute atomic E-state index is 0.224. The van der Waals surface area contributed by atoms with Crippen LogP contribution in [-0.4, -0.2) is 20.7 Å². The Hall–Kier alpha value is -2.93. The lowest BCUT2D eigenvalue weighted by atomic mass is 10.2. The monoisotopic (exact) mass is 354 g/mol. The van der Waals surface area contributed by atoms with E-state index in [1.54, 1.807) is 41.4 Å². The van der Waals surface area contributed by atoms with Gasteiger partial charge in [0.15, 0.2) is 5.82 Å². The number of anilines is 1. The lowest BCUT2D eigenvalue weighted by Gasteiger charge is -2.04. The Morgan fingerprint density at radius 1 is 1.32 bits per heavy atom. The Balaban J connectivity index is 1.52. The van der Waals surface area contributed by atoms with Gasteiger partial charge in [-0.3, -0.25) is 9.48 Å². The highest BCUT2D eigenvalue weighted by Gasteiger charge is 2.01. The van der Waals surface area contributed by atoms with E-state index in [1.165, 1.54) is 6.08 Å². The second kappa shape index (κ2) is 7.76. The van der Waals surface area contributed by atoms with E-state index in [0.29, 0.717) is 12.4 Å².